The van der Waals surface area contributed by atoms with Crippen LogP contribution in [-0.4, -0.2) is 62.2 Å². The van der Waals surface area contributed by atoms with Crippen molar-refractivity contribution in [2.75, 3.05) is 24.9 Å². The molecule has 2 amide bonds. The molecular weight excluding hydrogens is 524 g/mol. The van der Waals surface area contributed by atoms with Crippen LogP contribution in [0, 0.1) is 13.8 Å². The van der Waals surface area contributed by atoms with Gasteiger partial charge in [-0.25, -0.2) is 4.31 Å². The van der Waals surface area contributed by atoms with Crippen molar-refractivity contribution < 1.29 is 18.0 Å². The summed E-state index contributed by atoms with van der Waals surface area (Å²) in [6.07, 6.45) is 5.13. The lowest BCUT2D eigenvalue weighted by atomic mass is 9.95. The highest BCUT2D eigenvalue weighted by atomic mass is 35.5. The number of anilines is 1. The monoisotopic (exact) mass is 562 g/mol. The van der Waals surface area contributed by atoms with Gasteiger partial charge in [0.1, 0.15) is 12.6 Å². The number of carbonyl (C=O) groups is 2. The molecule has 10 heteroatoms. The van der Waals surface area contributed by atoms with Crippen LogP contribution in [0.4, 0.5) is 5.69 Å². The maximum Gasteiger partial charge on any atom is 0.304 e. The second-order valence-electron chi connectivity index (χ2n) is 10.3. The molecule has 0 aromatic heterocycles. The van der Waals surface area contributed by atoms with E-state index in [4.69, 9.17) is 11.6 Å². The van der Waals surface area contributed by atoms with Crippen LogP contribution in [0.1, 0.15) is 55.7 Å². The summed E-state index contributed by atoms with van der Waals surface area (Å²) in [7, 11) is -1.15. The predicted octanol–water partition coefficient (Wildman–Crippen LogP) is 4.44. The average Bonchev–Trinajstić information content (AvgIpc) is 2.87. The summed E-state index contributed by atoms with van der Waals surface area (Å²) in [6.45, 7) is 5.02. The fourth-order valence-corrected chi connectivity index (χ4v) is 6.00. The Labute approximate surface area is 232 Å². The van der Waals surface area contributed by atoms with Gasteiger partial charge in [-0.15, -0.1) is 0 Å². The third-order valence-electron chi connectivity index (χ3n) is 7.01. The molecule has 1 aliphatic rings. The van der Waals surface area contributed by atoms with E-state index in [2.05, 4.69) is 5.32 Å². The molecule has 1 N–H and O–H groups in total. The molecule has 1 atom stereocenters. The second-order valence-corrected chi connectivity index (χ2v) is 12.8. The first-order valence-corrected chi connectivity index (χ1v) is 14.8. The van der Waals surface area contributed by atoms with Gasteiger partial charge < -0.3 is 10.2 Å². The Balaban J connectivity index is 1.95. The number of carbonyl (C=O) groups excluding carboxylic acids is 2. The van der Waals surface area contributed by atoms with E-state index < -0.39 is 28.7 Å². The quantitative estimate of drug-likeness (QED) is 0.464. The summed E-state index contributed by atoms with van der Waals surface area (Å²) in [5.74, 6) is -0.733. The Morgan fingerprint density at radius 1 is 1.05 bits per heavy atom. The van der Waals surface area contributed by atoms with Gasteiger partial charge in [-0.1, -0.05) is 55.1 Å². The van der Waals surface area contributed by atoms with Crippen LogP contribution in [0.3, 0.4) is 0 Å². The first-order chi connectivity index (χ1) is 17.9. The molecule has 0 spiro atoms. The minimum absolute atomic E-state index is 0.0855. The second kappa shape index (κ2) is 13.0. The minimum Gasteiger partial charge on any atom is -0.352 e. The zero-order valence-electron chi connectivity index (χ0n) is 22.9. The van der Waals surface area contributed by atoms with Gasteiger partial charge in [0.25, 0.3) is 0 Å². The van der Waals surface area contributed by atoms with Crippen molar-refractivity contribution in [1.29, 1.82) is 0 Å². The first kappa shape index (κ1) is 29.9. The van der Waals surface area contributed by atoms with Gasteiger partial charge >= 0.3 is 10.2 Å². The van der Waals surface area contributed by atoms with E-state index in [-0.39, 0.29) is 18.5 Å². The minimum atomic E-state index is -4.01. The van der Waals surface area contributed by atoms with E-state index in [0.717, 1.165) is 57.4 Å². The van der Waals surface area contributed by atoms with Gasteiger partial charge in [0, 0.05) is 31.7 Å². The lowest BCUT2D eigenvalue weighted by Crippen LogP contribution is -2.53. The highest BCUT2D eigenvalue weighted by Gasteiger charge is 2.34. The smallest absolute Gasteiger partial charge is 0.304 e. The van der Waals surface area contributed by atoms with Gasteiger partial charge in [-0.3, -0.25) is 9.59 Å². The van der Waals surface area contributed by atoms with Crippen molar-refractivity contribution >= 4 is 39.3 Å². The Hall–Kier alpha value is -2.62. The molecule has 0 aliphatic heterocycles. The summed E-state index contributed by atoms with van der Waals surface area (Å²) in [5, 5.41) is 3.62. The summed E-state index contributed by atoms with van der Waals surface area (Å²) in [5.41, 5.74) is 2.76. The SMILES string of the molecule is Cc1ccc(C)c(N(CC(=O)N(Cc2cccc(Cl)c2)C(C)C(=O)NC2CCCCC2)S(=O)(=O)N(C)C)c1. The number of benzene rings is 2. The van der Waals surface area contributed by atoms with Crippen molar-refractivity contribution in [3.8, 4) is 0 Å². The molecule has 1 fully saturated rings. The third-order valence-corrected chi connectivity index (χ3v) is 9.05. The highest BCUT2D eigenvalue weighted by molar-refractivity contribution is 7.90. The van der Waals surface area contributed by atoms with E-state index in [1.807, 2.05) is 25.1 Å². The van der Waals surface area contributed by atoms with E-state index >= 15 is 0 Å². The van der Waals surface area contributed by atoms with Gasteiger partial charge in [-0.2, -0.15) is 12.7 Å². The van der Waals surface area contributed by atoms with E-state index in [1.165, 1.54) is 19.0 Å². The van der Waals surface area contributed by atoms with Crippen molar-refractivity contribution in [3.63, 3.8) is 0 Å². The Morgan fingerprint density at radius 3 is 2.37 bits per heavy atom. The zero-order chi connectivity index (χ0) is 28.0. The van der Waals surface area contributed by atoms with Crippen LogP contribution in [-0.2, 0) is 26.3 Å². The molecule has 208 valence electrons. The molecule has 0 saturated heterocycles. The molecule has 1 saturated carbocycles. The number of amides is 2. The third kappa shape index (κ3) is 7.48. The lowest BCUT2D eigenvalue weighted by molar-refractivity contribution is -0.139. The summed E-state index contributed by atoms with van der Waals surface area (Å²) in [6, 6.07) is 11.8. The molecule has 38 heavy (non-hydrogen) atoms. The predicted molar refractivity (Wildman–Crippen MR) is 152 cm³/mol. The Morgan fingerprint density at radius 2 is 1.74 bits per heavy atom. The molecule has 3 rings (SSSR count). The van der Waals surface area contributed by atoms with Crippen LogP contribution in [0.15, 0.2) is 42.5 Å². The summed E-state index contributed by atoms with van der Waals surface area (Å²) >= 11 is 6.19. The highest BCUT2D eigenvalue weighted by Crippen LogP contribution is 2.26. The lowest BCUT2D eigenvalue weighted by Gasteiger charge is -2.34. The molecule has 0 radical (unpaired) electrons. The Bertz CT molecular complexity index is 1250. The fraction of sp³-hybridized carbons (Fsp3) is 0.500. The summed E-state index contributed by atoms with van der Waals surface area (Å²) in [4.78, 5) is 28.6. The normalized spacial score (nSPS) is 15.2. The van der Waals surface area contributed by atoms with Crippen LogP contribution >= 0.6 is 11.6 Å². The Kier molecular flexibility index (Phi) is 10.2. The van der Waals surface area contributed by atoms with E-state index in [1.54, 1.807) is 38.1 Å². The molecule has 0 bridgehead atoms. The maximum atomic E-state index is 13.9. The standard InChI is InChI=1S/C28H39ClN4O4S/c1-20-14-15-21(2)26(16-20)33(38(36,37)31(4)5)19-27(34)32(18-23-10-9-11-24(29)17-23)22(3)28(35)30-25-12-7-6-8-13-25/h9-11,14-17,22,25H,6-8,12-13,18-19H2,1-5H3,(H,30,35). The van der Waals surface area contributed by atoms with E-state index in [0.29, 0.717) is 10.7 Å². The molecule has 2 aromatic carbocycles. The van der Waals surface area contributed by atoms with Gasteiger partial charge in [-0.05, 0) is 68.5 Å². The van der Waals surface area contributed by atoms with Crippen LogP contribution in [0.2, 0.25) is 5.02 Å². The summed E-state index contributed by atoms with van der Waals surface area (Å²) < 4.78 is 29.0. The number of nitrogens with zero attached hydrogens (tertiary/aromatic N) is 3. The molecule has 1 aliphatic carbocycles. The number of hydrogen-bond acceptors (Lipinski definition) is 4. The van der Waals surface area contributed by atoms with Crippen LogP contribution in [0.5, 0.6) is 0 Å². The molecule has 8 nitrogen and oxygen atoms in total. The topological polar surface area (TPSA) is 90.0 Å². The average molecular weight is 563 g/mol. The van der Waals surface area contributed by atoms with Crippen LogP contribution in [0.25, 0.3) is 0 Å². The number of hydrogen-bond donors (Lipinski definition) is 1. The molecular formula is C28H39ClN4O4S. The van der Waals surface area contributed by atoms with Crippen molar-refractivity contribution in [1.82, 2.24) is 14.5 Å². The van der Waals surface area contributed by atoms with Crippen LogP contribution < -0.4 is 9.62 Å². The maximum absolute atomic E-state index is 13.9. The molecule has 2 aromatic rings. The first-order valence-electron chi connectivity index (χ1n) is 13.0. The van der Waals surface area contributed by atoms with Gasteiger partial charge in [0.15, 0.2) is 0 Å². The molecule has 0 heterocycles. The molecule has 1 unspecified atom stereocenters. The van der Waals surface area contributed by atoms with E-state index in [9.17, 15) is 18.0 Å². The van der Waals surface area contributed by atoms with Crippen molar-refractivity contribution in [2.24, 2.45) is 0 Å². The van der Waals surface area contributed by atoms with Gasteiger partial charge in [0.2, 0.25) is 11.8 Å². The number of rotatable bonds is 10. The number of halogens is 1. The van der Waals surface area contributed by atoms with Gasteiger partial charge in [0.05, 0.1) is 5.69 Å². The van der Waals surface area contributed by atoms with Crippen molar-refractivity contribution in [3.05, 3.63) is 64.2 Å². The number of aryl methyl sites for hydroxylation is 2. The fourth-order valence-electron chi connectivity index (χ4n) is 4.67. The largest absolute Gasteiger partial charge is 0.352 e. The number of nitrogens with one attached hydrogen (secondary N) is 1. The van der Waals surface area contributed by atoms with Crippen molar-refractivity contribution in [2.45, 2.75) is 71.5 Å². The zero-order valence-corrected chi connectivity index (χ0v) is 24.5.